The van der Waals surface area contributed by atoms with Gasteiger partial charge in [-0.1, -0.05) is 0 Å². The van der Waals surface area contributed by atoms with E-state index >= 15 is 0 Å². The summed E-state index contributed by atoms with van der Waals surface area (Å²) in [5.74, 6) is 1.31. The molecule has 2 unspecified atom stereocenters. The van der Waals surface area contributed by atoms with Gasteiger partial charge in [0.25, 0.3) is 0 Å². The van der Waals surface area contributed by atoms with Crippen molar-refractivity contribution in [2.45, 2.75) is 5.92 Å². The Bertz CT molecular complexity index is 350. The molecule has 1 aromatic rings. The third kappa shape index (κ3) is 1.90. The Kier molecular flexibility index (Phi) is 3.14. The molecule has 0 saturated carbocycles. The molecule has 1 amide bonds. The number of likely N-dealkylation sites (tertiary alicyclic amines) is 1. The van der Waals surface area contributed by atoms with Gasteiger partial charge in [0, 0.05) is 24.9 Å². The number of furan rings is 1. The van der Waals surface area contributed by atoms with Gasteiger partial charge in [0.05, 0.1) is 13.4 Å². The molecule has 0 aromatic carbocycles. The van der Waals surface area contributed by atoms with Gasteiger partial charge in [-0.05, 0) is 18.7 Å². The molecule has 88 valence electrons. The molecule has 16 heavy (non-hydrogen) atoms. The molecule has 2 N–H and O–H groups in total. The minimum absolute atomic E-state index is 0.180. The summed E-state index contributed by atoms with van der Waals surface area (Å²) < 4.78 is 10.1. The van der Waals surface area contributed by atoms with Gasteiger partial charge < -0.3 is 19.8 Å². The summed E-state index contributed by atoms with van der Waals surface area (Å²) in [4.78, 5) is 13.1. The molecule has 1 aliphatic heterocycles. The fraction of sp³-hybridized carbons (Fsp3) is 0.545. The molecular weight excluding hydrogens is 208 g/mol. The highest BCUT2D eigenvalue weighted by Crippen LogP contribution is 2.32. The molecule has 5 heteroatoms. The lowest BCUT2D eigenvalue weighted by Gasteiger charge is -2.13. The first-order valence-electron chi connectivity index (χ1n) is 5.32. The second-order valence-corrected chi connectivity index (χ2v) is 3.99. The summed E-state index contributed by atoms with van der Waals surface area (Å²) in [6, 6.07) is 3.78. The number of nitrogens with two attached hydrogens (primary N) is 1. The SMILES string of the molecule is COC(=O)N1CC(CN)C(c2ccco2)C1. The predicted octanol–water partition coefficient (Wildman–Crippen LogP) is 1.02. The summed E-state index contributed by atoms with van der Waals surface area (Å²) in [6.07, 6.45) is 1.34. The Morgan fingerprint density at radius 1 is 1.69 bits per heavy atom. The Hall–Kier alpha value is -1.49. The van der Waals surface area contributed by atoms with E-state index in [9.17, 15) is 4.79 Å². The number of hydrogen-bond donors (Lipinski definition) is 1. The number of rotatable bonds is 2. The first-order valence-corrected chi connectivity index (χ1v) is 5.32. The van der Waals surface area contributed by atoms with Gasteiger partial charge in [0.1, 0.15) is 5.76 Å². The van der Waals surface area contributed by atoms with Gasteiger partial charge in [-0.2, -0.15) is 0 Å². The van der Waals surface area contributed by atoms with Crippen LogP contribution in [0.2, 0.25) is 0 Å². The predicted molar refractivity (Wildman–Crippen MR) is 58.0 cm³/mol. The van der Waals surface area contributed by atoms with Crippen molar-refractivity contribution in [3.05, 3.63) is 24.2 Å². The van der Waals surface area contributed by atoms with Crippen LogP contribution in [0.4, 0.5) is 4.79 Å². The fourth-order valence-corrected chi connectivity index (χ4v) is 2.21. The second-order valence-electron chi connectivity index (χ2n) is 3.99. The lowest BCUT2D eigenvalue weighted by Crippen LogP contribution is -2.29. The number of methoxy groups -OCH3 is 1. The molecule has 1 fully saturated rings. The number of carbonyl (C=O) groups is 1. The maximum Gasteiger partial charge on any atom is 0.409 e. The van der Waals surface area contributed by atoms with Crippen molar-refractivity contribution in [1.29, 1.82) is 0 Å². The summed E-state index contributed by atoms with van der Waals surface area (Å²) in [7, 11) is 1.39. The molecule has 1 saturated heterocycles. The van der Waals surface area contributed by atoms with Crippen molar-refractivity contribution in [3.8, 4) is 0 Å². The average molecular weight is 224 g/mol. The molecule has 0 bridgehead atoms. The minimum Gasteiger partial charge on any atom is -0.469 e. The van der Waals surface area contributed by atoms with Crippen LogP contribution in [-0.4, -0.2) is 37.7 Å². The lowest BCUT2D eigenvalue weighted by molar-refractivity contribution is 0.131. The van der Waals surface area contributed by atoms with Gasteiger partial charge >= 0.3 is 6.09 Å². The Balaban J connectivity index is 2.11. The van der Waals surface area contributed by atoms with Gasteiger partial charge in [-0.25, -0.2) is 4.79 Å². The Morgan fingerprint density at radius 3 is 3.06 bits per heavy atom. The van der Waals surface area contributed by atoms with E-state index < -0.39 is 0 Å². The van der Waals surface area contributed by atoms with Gasteiger partial charge in [0.15, 0.2) is 0 Å². The van der Waals surface area contributed by atoms with Gasteiger partial charge in [-0.15, -0.1) is 0 Å². The summed E-state index contributed by atoms with van der Waals surface area (Å²) in [5, 5.41) is 0. The normalized spacial score (nSPS) is 24.8. The molecule has 5 nitrogen and oxygen atoms in total. The quantitative estimate of drug-likeness (QED) is 0.814. The van der Waals surface area contributed by atoms with Gasteiger partial charge in [0.2, 0.25) is 0 Å². The zero-order valence-corrected chi connectivity index (χ0v) is 9.26. The molecular formula is C11H16N2O3. The van der Waals surface area contributed by atoms with Crippen LogP contribution in [0, 0.1) is 5.92 Å². The van der Waals surface area contributed by atoms with Gasteiger partial charge in [-0.3, -0.25) is 0 Å². The van der Waals surface area contributed by atoms with Crippen molar-refractivity contribution >= 4 is 6.09 Å². The Labute approximate surface area is 94.1 Å². The summed E-state index contributed by atoms with van der Waals surface area (Å²) >= 11 is 0. The van der Waals surface area contributed by atoms with Crippen molar-refractivity contribution in [2.24, 2.45) is 11.7 Å². The zero-order valence-electron chi connectivity index (χ0n) is 9.26. The smallest absolute Gasteiger partial charge is 0.409 e. The molecule has 0 radical (unpaired) electrons. The monoisotopic (exact) mass is 224 g/mol. The van der Waals surface area contributed by atoms with Crippen molar-refractivity contribution in [1.82, 2.24) is 4.90 Å². The van der Waals surface area contributed by atoms with E-state index in [0.717, 1.165) is 5.76 Å². The third-order valence-corrected chi connectivity index (χ3v) is 3.09. The standard InChI is InChI=1S/C11H16N2O3/c1-15-11(14)13-6-8(5-12)9(7-13)10-3-2-4-16-10/h2-4,8-9H,5-7,12H2,1H3. The highest BCUT2D eigenvalue weighted by atomic mass is 16.5. The van der Waals surface area contributed by atoms with Crippen LogP contribution in [0.3, 0.4) is 0 Å². The van der Waals surface area contributed by atoms with Crippen LogP contribution < -0.4 is 5.73 Å². The number of nitrogens with zero attached hydrogens (tertiary/aromatic N) is 1. The highest BCUT2D eigenvalue weighted by Gasteiger charge is 2.37. The zero-order chi connectivity index (χ0) is 11.5. The van der Waals surface area contributed by atoms with Crippen LogP contribution in [0.25, 0.3) is 0 Å². The van der Waals surface area contributed by atoms with Crippen LogP contribution in [0.5, 0.6) is 0 Å². The number of ether oxygens (including phenoxy) is 1. The largest absolute Gasteiger partial charge is 0.469 e. The maximum absolute atomic E-state index is 11.4. The summed E-state index contributed by atoms with van der Waals surface area (Å²) in [5.41, 5.74) is 5.71. The van der Waals surface area contributed by atoms with E-state index in [0.29, 0.717) is 19.6 Å². The van der Waals surface area contributed by atoms with E-state index in [1.807, 2.05) is 12.1 Å². The molecule has 1 aliphatic rings. The summed E-state index contributed by atoms with van der Waals surface area (Å²) in [6.45, 7) is 1.79. The lowest BCUT2D eigenvalue weighted by atomic mass is 9.94. The van der Waals surface area contributed by atoms with E-state index in [2.05, 4.69) is 0 Å². The van der Waals surface area contributed by atoms with E-state index in [4.69, 9.17) is 14.9 Å². The Morgan fingerprint density at radius 2 is 2.50 bits per heavy atom. The second kappa shape index (κ2) is 4.57. The van der Waals surface area contributed by atoms with Crippen molar-refractivity contribution in [2.75, 3.05) is 26.7 Å². The molecule has 1 aromatic heterocycles. The average Bonchev–Trinajstić information content (AvgIpc) is 2.95. The first kappa shape index (κ1) is 11.0. The van der Waals surface area contributed by atoms with Crippen LogP contribution in [-0.2, 0) is 4.74 Å². The molecule has 2 rings (SSSR count). The molecule has 0 aliphatic carbocycles. The van der Waals surface area contributed by atoms with Crippen molar-refractivity contribution < 1.29 is 13.9 Å². The highest BCUT2D eigenvalue weighted by molar-refractivity contribution is 5.68. The molecule has 2 atom stereocenters. The third-order valence-electron chi connectivity index (χ3n) is 3.09. The number of carbonyl (C=O) groups excluding carboxylic acids is 1. The van der Waals surface area contributed by atoms with E-state index in [1.54, 1.807) is 11.2 Å². The molecule has 2 heterocycles. The number of amides is 1. The van der Waals surface area contributed by atoms with Crippen LogP contribution in [0.1, 0.15) is 11.7 Å². The van der Waals surface area contributed by atoms with Crippen LogP contribution >= 0.6 is 0 Å². The van der Waals surface area contributed by atoms with Crippen molar-refractivity contribution in [3.63, 3.8) is 0 Å². The minimum atomic E-state index is -0.299. The van der Waals surface area contributed by atoms with E-state index in [1.165, 1.54) is 7.11 Å². The molecule has 0 spiro atoms. The fourth-order valence-electron chi connectivity index (χ4n) is 2.21. The van der Waals surface area contributed by atoms with E-state index in [-0.39, 0.29) is 17.9 Å². The van der Waals surface area contributed by atoms with Crippen LogP contribution in [0.15, 0.2) is 22.8 Å². The maximum atomic E-state index is 11.4. The first-order chi connectivity index (χ1) is 7.76. The topological polar surface area (TPSA) is 68.7 Å². The number of hydrogen-bond acceptors (Lipinski definition) is 4.